The highest BCUT2D eigenvalue weighted by Gasteiger charge is 2.16. The van der Waals surface area contributed by atoms with Crippen molar-refractivity contribution in [2.75, 3.05) is 26.2 Å². The predicted octanol–water partition coefficient (Wildman–Crippen LogP) is 1.67. The number of rotatable bonds is 8. The molecule has 1 aromatic heterocycles. The van der Waals surface area contributed by atoms with Crippen LogP contribution in [-0.2, 0) is 4.79 Å². The van der Waals surface area contributed by atoms with Crippen LogP contribution in [0, 0.1) is 0 Å². The van der Waals surface area contributed by atoms with Crippen LogP contribution >= 0.6 is 11.3 Å². The summed E-state index contributed by atoms with van der Waals surface area (Å²) >= 11 is 1.42. The third-order valence-corrected chi connectivity index (χ3v) is 4.82. The van der Waals surface area contributed by atoms with Gasteiger partial charge >= 0.3 is 0 Å². The highest BCUT2D eigenvalue weighted by molar-refractivity contribution is 7.12. The van der Waals surface area contributed by atoms with Gasteiger partial charge in [-0.2, -0.15) is 0 Å². The zero-order valence-electron chi connectivity index (χ0n) is 12.8. The summed E-state index contributed by atoms with van der Waals surface area (Å²) in [4.78, 5) is 26.5. The normalized spacial score (nSPS) is 16.6. The van der Waals surface area contributed by atoms with Crippen molar-refractivity contribution < 1.29 is 14.7 Å². The molecule has 1 saturated heterocycles. The number of aliphatic hydroxyl groups excluding tert-OH is 1. The molecule has 1 aromatic rings. The minimum Gasteiger partial charge on any atom is -0.393 e. The van der Waals surface area contributed by atoms with E-state index in [0.29, 0.717) is 6.54 Å². The summed E-state index contributed by atoms with van der Waals surface area (Å²) in [5.74, 6) is -0.0176. The Hall–Kier alpha value is -1.24. The number of ketones is 1. The molecule has 6 heteroatoms. The number of nitrogens with zero attached hydrogens (tertiary/aromatic N) is 1. The predicted molar refractivity (Wildman–Crippen MR) is 87.2 cm³/mol. The maximum absolute atomic E-state index is 11.8. The van der Waals surface area contributed by atoms with E-state index in [9.17, 15) is 14.7 Å². The molecule has 0 aromatic carbocycles. The molecule has 2 rings (SSSR count). The molecule has 1 aliphatic heterocycles. The van der Waals surface area contributed by atoms with Crippen LogP contribution in [0.4, 0.5) is 0 Å². The minimum absolute atomic E-state index is 0.0389. The summed E-state index contributed by atoms with van der Waals surface area (Å²) in [6.07, 6.45) is 2.98. The van der Waals surface area contributed by atoms with E-state index in [1.165, 1.54) is 11.3 Å². The number of aliphatic hydroxyl groups is 1. The summed E-state index contributed by atoms with van der Waals surface area (Å²) < 4.78 is 0. The van der Waals surface area contributed by atoms with Crippen LogP contribution in [0.25, 0.3) is 0 Å². The van der Waals surface area contributed by atoms with E-state index < -0.39 is 0 Å². The molecule has 0 radical (unpaired) electrons. The molecule has 5 nitrogen and oxygen atoms in total. The molecule has 0 saturated carbocycles. The lowest BCUT2D eigenvalue weighted by molar-refractivity contribution is -0.121. The maximum Gasteiger partial charge on any atom is 0.220 e. The lowest BCUT2D eigenvalue weighted by atomic mass is 10.1. The molecule has 22 heavy (non-hydrogen) atoms. The number of hydrogen-bond acceptors (Lipinski definition) is 5. The number of piperidine rings is 1. The fourth-order valence-corrected chi connectivity index (χ4v) is 3.24. The van der Waals surface area contributed by atoms with Crippen molar-refractivity contribution in [3.05, 3.63) is 22.4 Å². The second-order valence-electron chi connectivity index (χ2n) is 5.68. The third kappa shape index (κ3) is 5.87. The molecule has 0 spiro atoms. The van der Waals surface area contributed by atoms with Crippen molar-refractivity contribution in [3.63, 3.8) is 0 Å². The molecule has 0 bridgehead atoms. The van der Waals surface area contributed by atoms with Crippen molar-refractivity contribution in [2.24, 2.45) is 0 Å². The van der Waals surface area contributed by atoms with Crippen molar-refractivity contribution in [2.45, 2.75) is 38.2 Å². The molecule has 1 amide bonds. The van der Waals surface area contributed by atoms with Crippen LogP contribution in [0.5, 0.6) is 0 Å². The largest absolute Gasteiger partial charge is 0.393 e. The highest BCUT2D eigenvalue weighted by atomic mass is 32.1. The van der Waals surface area contributed by atoms with Gasteiger partial charge in [-0.1, -0.05) is 6.07 Å². The number of nitrogens with one attached hydrogen (secondary N) is 1. The van der Waals surface area contributed by atoms with Crippen LogP contribution in [-0.4, -0.2) is 54.0 Å². The average molecular weight is 324 g/mol. The second-order valence-corrected chi connectivity index (χ2v) is 6.62. The van der Waals surface area contributed by atoms with E-state index in [4.69, 9.17) is 0 Å². The van der Waals surface area contributed by atoms with E-state index in [0.717, 1.165) is 43.8 Å². The summed E-state index contributed by atoms with van der Waals surface area (Å²) in [5, 5.41) is 14.2. The fraction of sp³-hybridized carbons (Fsp3) is 0.625. The lowest BCUT2D eigenvalue weighted by Gasteiger charge is -2.29. The van der Waals surface area contributed by atoms with Crippen molar-refractivity contribution >= 4 is 23.0 Å². The molecule has 0 aliphatic carbocycles. The van der Waals surface area contributed by atoms with Crippen LogP contribution in [0.15, 0.2) is 17.5 Å². The molecular formula is C16H24N2O3S. The number of amides is 1. The van der Waals surface area contributed by atoms with Gasteiger partial charge in [-0.25, -0.2) is 0 Å². The molecule has 2 N–H and O–H groups in total. The molecule has 2 heterocycles. The Morgan fingerprint density at radius 1 is 1.32 bits per heavy atom. The zero-order chi connectivity index (χ0) is 15.8. The Bertz CT molecular complexity index is 468. The van der Waals surface area contributed by atoms with Crippen molar-refractivity contribution in [3.8, 4) is 0 Å². The molecule has 0 unspecified atom stereocenters. The summed E-state index contributed by atoms with van der Waals surface area (Å²) in [6, 6.07) is 3.64. The summed E-state index contributed by atoms with van der Waals surface area (Å²) in [7, 11) is 0. The van der Waals surface area contributed by atoms with Gasteiger partial charge in [-0.3, -0.25) is 9.59 Å². The smallest absolute Gasteiger partial charge is 0.220 e. The first kappa shape index (κ1) is 17.1. The Balaban J connectivity index is 1.52. The summed E-state index contributed by atoms with van der Waals surface area (Å²) in [6.45, 7) is 3.46. The lowest BCUT2D eigenvalue weighted by Crippen LogP contribution is -2.37. The van der Waals surface area contributed by atoms with E-state index >= 15 is 0 Å². The first-order valence-electron chi connectivity index (χ1n) is 7.89. The highest BCUT2D eigenvalue weighted by Crippen LogP contribution is 2.12. The van der Waals surface area contributed by atoms with Gasteiger partial charge < -0.3 is 15.3 Å². The van der Waals surface area contributed by atoms with Gasteiger partial charge in [0, 0.05) is 32.5 Å². The third-order valence-electron chi connectivity index (χ3n) is 3.91. The Labute approximate surface area is 135 Å². The van der Waals surface area contributed by atoms with Gasteiger partial charge in [-0.15, -0.1) is 11.3 Å². The standard InChI is InChI=1S/C16H24N2O3S/c19-13-6-10-18(11-7-13)9-2-8-17-16(21)5-4-14(20)15-3-1-12-22-15/h1,3,12-13,19H,2,4-11H2,(H,17,21). The Kier molecular flexibility index (Phi) is 7.02. The van der Waals surface area contributed by atoms with Gasteiger partial charge in [-0.05, 0) is 37.3 Å². The van der Waals surface area contributed by atoms with E-state index in [1.54, 1.807) is 6.07 Å². The molecule has 1 aliphatic rings. The number of thiophene rings is 1. The number of carbonyl (C=O) groups excluding carboxylic acids is 2. The van der Waals surface area contributed by atoms with Crippen LogP contribution < -0.4 is 5.32 Å². The first-order chi connectivity index (χ1) is 10.6. The van der Waals surface area contributed by atoms with Crippen LogP contribution in [0.3, 0.4) is 0 Å². The van der Waals surface area contributed by atoms with Gasteiger partial charge in [0.1, 0.15) is 0 Å². The Morgan fingerprint density at radius 3 is 2.77 bits per heavy atom. The van der Waals surface area contributed by atoms with E-state index in [2.05, 4.69) is 10.2 Å². The first-order valence-corrected chi connectivity index (χ1v) is 8.77. The van der Waals surface area contributed by atoms with Gasteiger partial charge in [0.2, 0.25) is 5.91 Å². The fourth-order valence-electron chi connectivity index (χ4n) is 2.55. The number of carbonyl (C=O) groups is 2. The van der Waals surface area contributed by atoms with Crippen LogP contribution in [0.2, 0.25) is 0 Å². The zero-order valence-corrected chi connectivity index (χ0v) is 13.6. The second kappa shape index (κ2) is 9.02. The van der Waals surface area contributed by atoms with Gasteiger partial charge in [0.15, 0.2) is 5.78 Å². The van der Waals surface area contributed by atoms with Crippen LogP contribution in [0.1, 0.15) is 41.8 Å². The topological polar surface area (TPSA) is 69.6 Å². The molecule has 122 valence electrons. The number of Topliss-reactive ketones (excluding diaryl/α,β-unsaturated/α-hetero) is 1. The van der Waals surface area contributed by atoms with Crippen molar-refractivity contribution in [1.29, 1.82) is 0 Å². The van der Waals surface area contributed by atoms with Gasteiger partial charge in [0.25, 0.3) is 0 Å². The van der Waals surface area contributed by atoms with Crippen molar-refractivity contribution in [1.82, 2.24) is 10.2 Å². The van der Waals surface area contributed by atoms with Gasteiger partial charge in [0.05, 0.1) is 11.0 Å². The summed E-state index contributed by atoms with van der Waals surface area (Å²) in [5.41, 5.74) is 0. The number of likely N-dealkylation sites (tertiary alicyclic amines) is 1. The van der Waals surface area contributed by atoms with E-state index in [1.807, 2.05) is 11.4 Å². The monoisotopic (exact) mass is 324 g/mol. The maximum atomic E-state index is 11.8. The Morgan fingerprint density at radius 2 is 2.09 bits per heavy atom. The number of hydrogen-bond donors (Lipinski definition) is 2. The quantitative estimate of drug-likeness (QED) is 0.564. The molecular weight excluding hydrogens is 300 g/mol. The average Bonchev–Trinajstić information content (AvgIpc) is 3.05. The van der Waals surface area contributed by atoms with E-state index in [-0.39, 0.29) is 30.6 Å². The molecule has 0 atom stereocenters. The minimum atomic E-state index is -0.142. The SMILES string of the molecule is O=C(CCC(=O)c1cccs1)NCCCN1CCC(O)CC1. The molecule has 1 fully saturated rings.